The third-order valence-electron chi connectivity index (χ3n) is 5.81. The average molecular weight is 385 g/mol. The fourth-order valence-corrected chi connectivity index (χ4v) is 4.04. The smallest absolute Gasteiger partial charge is 0.289 e. The number of aryl methyl sites for hydroxylation is 1. The molecule has 0 aliphatic carbocycles. The van der Waals surface area contributed by atoms with Crippen LogP contribution in [-0.4, -0.2) is 79.4 Å². The van der Waals surface area contributed by atoms with Crippen molar-refractivity contribution in [3.63, 3.8) is 0 Å². The van der Waals surface area contributed by atoms with E-state index in [0.717, 1.165) is 42.6 Å². The van der Waals surface area contributed by atoms with E-state index in [2.05, 4.69) is 4.90 Å². The fourth-order valence-electron chi connectivity index (χ4n) is 4.04. The van der Waals surface area contributed by atoms with Crippen LogP contribution in [0.15, 0.2) is 22.6 Å². The first-order valence-corrected chi connectivity index (χ1v) is 9.93. The van der Waals surface area contributed by atoms with Gasteiger partial charge in [-0.15, -0.1) is 0 Å². The molecular weight excluding hydrogens is 358 g/mol. The molecule has 2 aromatic rings. The minimum absolute atomic E-state index is 0.0850. The van der Waals surface area contributed by atoms with Crippen LogP contribution in [-0.2, 0) is 4.79 Å². The number of fused-ring (bicyclic) bond motifs is 1. The van der Waals surface area contributed by atoms with Crippen molar-refractivity contribution in [2.24, 2.45) is 0 Å². The molecule has 0 unspecified atom stereocenters. The molecule has 1 aromatic carbocycles. The van der Waals surface area contributed by atoms with Crippen molar-refractivity contribution < 1.29 is 18.7 Å². The summed E-state index contributed by atoms with van der Waals surface area (Å²) in [4.78, 5) is 31.2. The molecule has 2 aliphatic heterocycles. The van der Waals surface area contributed by atoms with Crippen molar-refractivity contribution in [3.05, 3.63) is 29.5 Å². The Labute approximate surface area is 164 Å². The van der Waals surface area contributed by atoms with Gasteiger partial charge in [0.1, 0.15) is 11.3 Å². The molecule has 2 aliphatic rings. The van der Waals surface area contributed by atoms with E-state index in [4.69, 9.17) is 9.15 Å². The average Bonchev–Trinajstić information content (AvgIpc) is 3.36. The van der Waals surface area contributed by atoms with Crippen molar-refractivity contribution in [2.75, 3.05) is 52.9 Å². The number of rotatable bonds is 4. The number of carbonyl (C=O) groups excluding carboxylic acids is 2. The molecule has 1 aromatic heterocycles. The maximum absolute atomic E-state index is 13.0. The van der Waals surface area contributed by atoms with Gasteiger partial charge in [-0.05, 0) is 38.0 Å². The third kappa shape index (κ3) is 3.58. The lowest BCUT2D eigenvalue weighted by atomic mass is 10.1. The lowest BCUT2D eigenvalue weighted by Gasteiger charge is -2.34. The number of benzene rings is 1. The van der Waals surface area contributed by atoms with Gasteiger partial charge in [0.05, 0.1) is 13.7 Å². The summed E-state index contributed by atoms with van der Waals surface area (Å²) in [6.45, 7) is 6.74. The molecule has 0 N–H and O–H groups in total. The monoisotopic (exact) mass is 385 g/mol. The SMILES string of the molecule is COc1ccc2oc(C(=O)N3CCN(CC(=O)N4CCCC4)CC3)c(C)c2c1. The van der Waals surface area contributed by atoms with Gasteiger partial charge in [-0.2, -0.15) is 0 Å². The summed E-state index contributed by atoms with van der Waals surface area (Å²) >= 11 is 0. The number of nitrogens with zero attached hydrogens (tertiary/aromatic N) is 3. The van der Waals surface area contributed by atoms with Gasteiger partial charge in [0.25, 0.3) is 5.91 Å². The van der Waals surface area contributed by atoms with Crippen LogP contribution < -0.4 is 4.74 Å². The van der Waals surface area contributed by atoms with E-state index in [1.165, 1.54) is 0 Å². The molecule has 0 bridgehead atoms. The van der Waals surface area contributed by atoms with Gasteiger partial charge in [-0.3, -0.25) is 14.5 Å². The highest BCUT2D eigenvalue weighted by Gasteiger charge is 2.28. The molecule has 2 fully saturated rings. The quantitative estimate of drug-likeness (QED) is 0.807. The van der Waals surface area contributed by atoms with Gasteiger partial charge >= 0.3 is 0 Å². The molecule has 0 atom stereocenters. The number of hydrogen-bond donors (Lipinski definition) is 0. The van der Waals surface area contributed by atoms with E-state index in [1.54, 1.807) is 7.11 Å². The van der Waals surface area contributed by atoms with E-state index in [1.807, 2.05) is 34.9 Å². The molecule has 28 heavy (non-hydrogen) atoms. The highest BCUT2D eigenvalue weighted by Crippen LogP contribution is 2.29. The zero-order valence-corrected chi connectivity index (χ0v) is 16.6. The topological polar surface area (TPSA) is 66.2 Å². The largest absolute Gasteiger partial charge is 0.497 e. The zero-order valence-electron chi connectivity index (χ0n) is 16.6. The Balaban J connectivity index is 1.39. The Morgan fingerprint density at radius 1 is 1.04 bits per heavy atom. The first-order chi connectivity index (χ1) is 13.6. The molecule has 7 heteroatoms. The van der Waals surface area contributed by atoms with E-state index in [9.17, 15) is 9.59 Å². The highest BCUT2D eigenvalue weighted by atomic mass is 16.5. The first kappa shape index (κ1) is 18.8. The second kappa shape index (κ2) is 7.83. The summed E-state index contributed by atoms with van der Waals surface area (Å²) in [7, 11) is 1.62. The molecule has 4 rings (SSSR count). The Morgan fingerprint density at radius 3 is 2.43 bits per heavy atom. The van der Waals surface area contributed by atoms with Crippen LogP contribution >= 0.6 is 0 Å². The molecule has 3 heterocycles. The lowest BCUT2D eigenvalue weighted by molar-refractivity contribution is -0.131. The predicted molar refractivity (Wildman–Crippen MR) is 106 cm³/mol. The normalized spacial score (nSPS) is 18.1. The minimum atomic E-state index is -0.0850. The van der Waals surface area contributed by atoms with Gasteiger partial charge in [0.2, 0.25) is 5.91 Å². The summed E-state index contributed by atoms with van der Waals surface area (Å²) in [5, 5.41) is 0.901. The Morgan fingerprint density at radius 2 is 1.75 bits per heavy atom. The molecule has 2 saturated heterocycles. The fraction of sp³-hybridized carbons (Fsp3) is 0.524. The molecule has 150 valence electrons. The van der Waals surface area contributed by atoms with Crippen LogP contribution in [0, 0.1) is 6.92 Å². The number of carbonyl (C=O) groups is 2. The number of amides is 2. The van der Waals surface area contributed by atoms with Crippen LogP contribution in [0.25, 0.3) is 11.0 Å². The number of furan rings is 1. The minimum Gasteiger partial charge on any atom is -0.497 e. The van der Waals surface area contributed by atoms with Gasteiger partial charge in [-0.25, -0.2) is 0 Å². The lowest BCUT2D eigenvalue weighted by Crippen LogP contribution is -2.51. The van der Waals surface area contributed by atoms with E-state index in [0.29, 0.717) is 44.1 Å². The van der Waals surface area contributed by atoms with E-state index >= 15 is 0 Å². The summed E-state index contributed by atoms with van der Waals surface area (Å²) in [5.74, 6) is 1.26. The second-order valence-electron chi connectivity index (χ2n) is 7.57. The Bertz CT molecular complexity index is 877. The van der Waals surface area contributed by atoms with Crippen LogP contribution in [0.1, 0.15) is 29.0 Å². The maximum Gasteiger partial charge on any atom is 0.289 e. The Hall–Kier alpha value is -2.54. The molecule has 7 nitrogen and oxygen atoms in total. The van der Waals surface area contributed by atoms with Crippen LogP contribution in [0.3, 0.4) is 0 Å². The van der Waals surface area contributed by atoms with Crippen LogP contribution in [0.2, 0.25) is 0 Å². The van der Waals surface area contributed by atoms with Gasteiger partial charge in [0.15, 0.2) is 5.76 Å². The number of methoxy groups -OCH3 is 1. The van der Waals surface area contributed by atoms with Gasteiger partial charge in [0, 0.05) is 50.2 Å². The van der Waals surface area contributed by atoms with Crippen molar-refractivity contribution in [1.29, 1.82) is 0 Å². The predicted octanol–water partition coefficient (Wildman–Crippen LogP) is 2.13. The molecular formula is C21H27N3O4. The number of ether oxygens (including phenoxy) is 1. The van der Waals surface area contributed by atoms with Gasteiger partial charge < -0.3 is 19.0 Å². The van der Waals surface area contributed by atoms with E-state index < -0.39 is 0 Å². The molecule has 0 spiro atoms. The van der Waals surface area contributed by atoms with Crippen molar-refractivity contribution in [2.45, 2.75) is 19.8 Å². The van der Waals surface area contributed by atoms with Crippen molar-refractivity contribution >= 4 is 22.8 Å². The Kier molecular flexibility index (Phi) is 5.26. The van der Waals surface area contributed by atoms with E-state index in [-0.39, 0.29) is 11.8 Å². The molecule has 0 radical (unpaired) electrons. The maximum atomic E-state index is 13.0. The van der Waals surface area contributed by atoms with Gasteiger partial charge in [-0.1, -0.05) is 0 Å². The number of hydrogen-bond acceptors (Lipinski definition) is 5. The van der Waals surface area contributed by atoms with Crippen molar-refractivity contribution in [1.82, 2.24) is 14.7 Å². The third-order valence-corrected chi connectivity index (χ3v) is 5.81. The van der Waals surface area contributed by atoms with Crippen LogP contribution in [0.5, 0.6) is 5.75 Å². The van der Waals surface area contributed by atoms with Crippen LogP contribution in [0.4, 0.5) is 0 Å². The first-order valence-electron chi connectivity index (χ1n) is 9.93. The highest BCUT2D eigenvalue weighted by molar-refractivity contribution is 5.99. The molecule has 2 amide bonds. The second-order valence-corrected chi connectivity index (χ2v) is 7.57. The summed E-state index contributed by atoms with van der Waals surface area (Å²) in [5.41, 5.74) is 1.53. The number of piperazine rings is 1. The zero-order chi connectivity index (χ0) is 19.7. The summed E-state index contributed by atoms with van der Waals surface area (Å²) < 4.78 is 11.1. The van der Waals surface area contributed by atoms with Crippen molar-refractivity contribution in [3.8, 4) is 5.75 Å². The summed E-state index contributed by atoms with van der Waals surface area (Å²) in [6.07, 6.45) is 2.22. The standard InChI is InChI=1S/C21H27N3O4/c1-15-17-13-16(27-2)5-6-18(17)28-20(15)21(26)24-11-9-22(10-12-24)14-19(25)23-7-3-4-8-23/h5-6,13H,3-4,7-12,14H2,1-2H3. The number of likely N-dealkylation sites (tertiary alicyclic amines) is 1. The summed E-state index contributed by atoms with van der Waals surface area (Å²) in [6, 6.07) is 5.56. The molecule has 0 saturated carbocycles.